The van der Waals surface area contributed by atoms with Gasteiger partial charge in [0, 0.05) is 29.2 Å². The Bertz CT molecular complexity index is 415. The standard InChI is InChI=1S/C15H21NOS/c1-16-10-15(6-7-17-11-15)8-12-9-18-14-5-3-2-4-13(12)14/h2-5,12,16H,6-11H2,1H3. The normalized spacial score (nSPS) is 30.6. The molecule has 0 amide bonds. The Morgan fingerprint density at radius 1 is 1.44 bits per heavy atom. The van der Waals surface area contributed by atoms with Gasteiger partial charge in [-0.25, -0.2) is 0 Å². The molecule has 1 saturated heterocycles. The van der Waals surface area contributed by atoms with Gasteiger partial charge in [0.25, 0.3) is 0 Å². The molecule has 2 aliphatic rings. The highest BCUT2D eigenvalue weighted by molar-refractivity contribution is 7.99. The van der Waals surface area contributed by atoms with Crippen LogP contribution in [0.3, 0.4) is 0 Å². The summed E-state index contributed by atoms with van der Waals surface area (Å²) in [5.74, 6) is 1.95. The van der Waals surface area contributed by atoms with Crippen molar-refractivity contribution in [3.05, 3.63) is 29.8 Å². The van der Waals surface area contributed by atoms with Crippen LogP contribution in [0, 0.1) is 5.41 Å². The highest BCUT2D eigenvalue weighted by Gasteiger charge is 2.38. The molecule has 0 saturated carbocycles. The Morgan fingerprint density at radius 2 is 2.33 bits per heavy atom. The molecule has 1 fully saturated rings. The maximum absolute atomic E-state index is 5.66. The second-order valence-corrected chi connectivity index (χ2v) is 6.64. The van der Waals surface area contributed by atoms with Crippen LogP contribution in [0.2, 0.25) is 0 Å². The first-order chi connectivity index (χ1) is 8.83. The lowest BCUT2D eigenvalue weighted by Gasteiger charge is -2.30. The molecule has 2 aliphatic heterocycles. The quantitative estimate of drug-likeness (QED) is 0.902. The van der Waals surface area contributed by atoms with E-state index in [-0.39, 0.29) is 0 Å². The van der Waals surface area contributed by atoms with Crippen LogP contribution in [0.1, 0.15) is 24.3 Å². The molecule has 3 heteroatoms. The maximum Gasteiger partial charge on any atom is 0.0535 e. The van der Waals surface area contributed by atoms with Crippen molar-refractivity contribution in [3.63, 3.8) is 0 Å². The van der Waals surface area contributed by atoms with Crippen molar-refractivity contribution in [2.45, 2.75) is 23.7 Å². The molecule has 2 nitrogen and oxygen atoms in total. The average molecular weight is 263 g/mol. The van der Waals surface area contributed by atoms with E-state index in [9.17, 15) is 0 Å². The summed E-state index contributed by atoms with van der Waals surface area (Å²) in [6.45, 7) is 2.94. The van der Waals surface area contributed by atoms with Gasteiger partial charge in [-0.3, -0.25) is 0 Å². The summed E-state index contributed by atoms with van der Waals surface area (Å²) >= 11 is 2.01. The molecule has 1 aromatic carbocycles. The molecule has 0 aromatic heterocycles. The Kier molecular flexibility index (Phi) is 3.64. The third-order valence-electron chi connectivity index (χ3n) is 4.22. The lowest BCUT2D eigenvalue weighted by molar-refractivity contribution is 0.141. The van der Waals surface area contributed by atoms with Crippen LogP contribution in [-0.2, 0) is 4.74 Å². The minimum atomic E-state index is 0.359. The van der Waals surface area contributed by atoms with E-state index in [2.05, 4.69) is 36.6 Å². The van der Waals surface area contributed by atoms with E-state index in [0.717, 1.165) is 19.8 Å². The van der Waals surface area contributed by atoms with Crippen LogP contribution in [0.25, 0.3) is 0 Å². The molecule has 1 aromatic rings. The Balaban J connectivity index is 1.77. The molecular weight excluding hydrogens is 242 g/mol. The Labute approximate surface area is 113 Å². The van der Waals surface area contributed by atoms with Gasteiger partial charge in [-0.1, -0.05) is 18.2 Å². The monoisotopic (exact) mass is 263 g/mol. The SMILES string of the molecule is CNCC1(CC2CSc3ccccc32)CCOC1. The topological polar surface area (TPSA) is 21.3 Å². The van der Waals surface area contributed by atoms with Gasteiger partial charge in [-0.05, 0) is 37.4 Å². The predicted molar refractivity (Wildman–Crippen MR) is 76.3 cm³/mol. The van der Waals surface area contributed by atoms with Gasteiger partial charge < -0.3 is 10.1 Å². The van der Waals surface area contributed by atoms with Crippen molar-refractivity contribution >= 4 is 11.8 Å². The van der Waals surface area contributed by atoms with Gasteiger partial charge in [-0.15, -0.1) is 11.8 Å². The van der Waals surface area contributed by atoms with Gasteiger partial charge in [0.1, 0.15) is 0 Å². The molecule has 0 bridgehead atoms. The predicted octanol–water partition coefficient (Wildman–Crippen LogP) is 2.89. The third kappa shape index (κ3) is 2.31. The highest BCUT2D eigenvalue weighted by Crippen LogP contribution is 2.46. The van der Waals surface area contributed by atoms with E-state index >= 15 is 0 Å². The molecule has 98 valence electrons. The lowest BCUT2D eigenvalue weighted by atomic mass is 9.77. The minimum absolute atomic E-state index is 0.359. The van der Waals surface area contributed by atoms with Gasteiger partial charge >= 0.3 is 0 Å². The lowest BCUT2D eigenvalue weighted by Crippen LogP contribution is -2.34. The first-order valence-corrected chi connectivity index (χ1v) is 7.76. The fourth-order valence-electron chi connectivity index (χ4n) is 3.32. The zero-order valence-corrected chi connectivity index (χ0v) is 11.8. The highest BCUT2D eigenvalue weighted by atomic mass is 32.2. The molecule has 0 spiro atoms. The molecule has 1 N–H and O–H groups in total. The first-order valence-electron chi connectivity index (χ1n) is 6.77. The second-order valence-electron chi connectivity index (χ2n) is 5.58. The number of hydrogen-bond donors (Lipinski definition) is 1. The Morgan fingerprint density at radius 3 is 3.11 bits per heavy atom. The van der Waals surface area contributed by atoms with Gasteiger partial charge in [-0.2, -0.15) is 0 Å². The smallest absolute Gasteiger partial charge is 0.0535 e. The van der Waals surface area contributed by atoms with Crippen LogP contribution in [0.5, 0.6) is 0 Å². The van der Waals surface area contributed by atoms with Crippen molar-refractivity contribution in [3.8, 4) is 0 Å². The average Bonchev–Trinajstić information content (AvgIpc) is 2.99. The van der Waals surface area contributed by atoms with Crippen LogP contribution < -0.4 is 5.32 Å². The number of nitrogens with one attached hydrogen (secondary N) is 1. The first kappa shape index (κ1) is 12.5. The van der Waals surface area contributed by atoms with Crippen LogP contribution >= 0.6 is 11.8 Å². The van der Waals surface area contributed by atoms with E-state index in [1.807, 2.05) is 11.8 Å². The molecular formula is C15H21NOS. The van der Waals surface area contributed by atoms with Gasteiger partial charge in [0.05, 0.1) is 6.61 Å². The zero-order valence-electron chi connectivity index (χ0n) is 10.9. The number of hydrogen-bond acceptors (Lipinski definition) is 3. The Hall–Kier alpha value is -0.510. The fourth-order valence-corrected chi connectivity index (χ4v) is 4.57. The van der Waals surface area contributed by atoms with E-state index in [1.165, 1.54) is 23.5 Å². The zero-order chi connectivity index (χ0) is 12.4. The van der Waals surface area contributed by atoms with E-state index < -0.39 is 0 Å². The number of fused-ring (bicyclic) bond motifs is 1. The summed E-state index contributed by atoms with van der Waals surface area (Å²) in [7, 11) is 2.05. The van der Waals surface area contributed by atoms with Crippen molar-refractivity contribution in [1.29, 1.82) is 0 Å². The van der Waals surface area contributed by atoms with Crippen molar-refractivity contribution in [2.24, 2.45) is 5.41 Å². The third-order valence-corrected chi connectivity index (χ3v) is 5.47. The summed E-state index contributed by atoms with van der Waals surface area (Å²) < 4.78 is 5.66. The number of thioether (sulfide) groups is 1. The van der Waals surface area contributed by atoms with Crippen molar-refractivity contribution in [2.75, 3.05) is 32.6 Å². The molecule has 2 unspecified atom stereocenters. The molecule has 2 heterocycles. The minimum Gasteiger partial charge on any atom is -0.381 e. The summed E-state index contributed by atoms with van der Waals surface area (Å²) in [6.07, 6.45) is 2.47. The molecule has 2 atom stereocenters. The van der Waals surface area contributed by atoms with E-state index in [1.54, 1.807) is 5.56 Å². The second kappa shape index (κ2) is 5.24. The molecule has 18 heavy (non-hydrogen) atoms. The van der Waals surface area contributed by atoms with Crippen LogP contribution in [0.15, 0.2) is 29.2 Å². The largest absolute Gasteiger partial charge is 0.381 e. The van der Waals surface area contributed by atoms with Crippen molar-refractivity contribution in [1.82, 2.24) is 5.32 Å². The number of benzene rings is 1. The summed E-state index contributed by atoms with van der Waals surface area (Å²) in [4.78, 5) is 1.49. The molecule has 3 rings (SSSR count). The van der Waals surface area contributed by atoms with E-state index in [4.69, 9.17) is 4.74 Å². The summed E-state index contributed by atoms with van der Waals surface area (Å²) in [5, 5.41) is 3.36. The van der Waals surface area contributed by atoms with Crippen LogP contribution in [-0.4, -0.2) is 32.6 Å². The van der Waals surface area contributed by atoms with Gasteiger partial charge in [0.15, 0.2) is 0 Å². The van der Waals surface area contributed by atoms with E-state index in [0.29, 0.717) is 11.3 Å². The van der Waals surface area contributed by atoms with Crippen LogP contribution in [0.4, 0.5) is 0 Å². The fraction of sp³-hybridized carbons (Fsp3) is 0.600. The summed E-state index contributed by atoms with van der Waals surface area (Å²) in [6, 6.07) is 8.89. The molecule has 0 aliphatic carbocycles. The number of rotatable bonds is 4. The van der Waals surface area contributed by atoms with Crippen molar-refractivity contribution < 1.29 is 4.74 Å². The summed E-state index contributed by atoms with van der Waals surface area (Å²) in [5.41, 5.74) is 1.92. The maximum atomic E-state index is 5.66. The molecule has 0 radical (unpaired) electrons. The number of ether oxygens (including phenoxy) is 1. The van der Waals surface area contributed by atoms with Gasteiger partial charge in [0.2, 0.25) is 0 Å².